The Bertz CT molecular complexity index is 983. The van der Waals surface area contributed by atoms with Gasteiger partial charge in [-0.05, 0) is 35.9 Å². The van der Waals surface area contributed by atoms with Crippen LogP contribution >= 0.6 is 15.9 Å². The summed E-state index contributed by atoms with van der Waals surface area (Å²) in [6, 6.07) is 13.8. The molecule has 0 spiro atoms. The van der Waals surface area contributed by atoms with Gasteiger partial charge in [0.2, 0.25) is 5.95 Å². The first kappa shape index (κ1) is 16.7. The molecule has 7 heteroatoms. The molecule has 0 radical (unpaired) electrons. The Hall–Kier alpha value is -2.80. The van der Waals surface area contributed by atoms with Gasteiger partial charge >= 0.3 is 0 Å². The molecule has 26 heavy (non-hydrogen) atoms. The third kappa shape index (κ3) is 2.94. The van der Waals surface area contributed by atoms with Crippen molar-refractivity contribution in [3.63, 3.8) is 0 Å². The summed E-state index contributed by atoms with van der Waals surface area (Å²) in [6.45, 7) is 0. The fourth-order valence-electron chi connectivity index (χ4n) is 3.04. The molecule has 0 fully saturated rings. The summed E-state index contributed by atoms with van der Waals surface area (Å²) in [4.78, 5) is 4.34. The number of nitrogens with one attached hydrogen (secondary N) is 1. The predicted octanol–water partition coefficient (Wildman–Crippen LogP) is 4.11. The van der Waals surface area contributed by atoms with Crippen molar-refractivity contribution < 1.29 is 9.47 Å². The number of hydrogen-bond acceptors (Lipinski definition) is 5. The van der Waals surface area contributed by atoms with Crippen LogP contribution in [0.1, 0.15) is 17.2 Å². The number of aromatic nitrogens is 3. The molecule has 0 saturated carbocycles. The third-order valence-corrected chi connectivity index (χ3v) is 4.80. The minimum atomic E-state index is -0.149. The molecule has 1 atom stereocenters. The summed E-state index contributed by atoms with van der Waals surface area (Å²) in [5.74, 6) is 2.17. The van der Waals surface area contributed by atoms with Gasteiger partial charge in [-0.2, -0.15) is 10.1 Å². The fraction of sp³-hybridized carbons (Fsp3) is 0.158. The molecule has 1 aromatic heterocycles. The van der Waals surface area contributed by atoms with Gasteiger partial charge in [0, 0.05) is 21.8 Å². The Labute approximate surface area is 159 Å². The zero-order chi connectivity index (χ0) is 18.1. The predicted molar refractivity (Wildman–Crippen MR) is 103 cm³/mol. The van der Waals surface area contributed by atoms with Gasteiger partial charge in [-0.25, -0.2) is 4.68 Å². The van der Waals surface area contributed by atoms with E-state index in [0.717, 1.165) is 32.8 Å². The van der Waals surface area contributed by atoms with E-state index in [1.165, 1.54) is 0 Å². The van der Waals surface area contributed by atoms with Crippen LogP contribution in [0.2, 0.25) is 0 Å². The number of nitrogens with zero attached hydrogens (tertiary/aromatic N) is 3. The second kappa shape index (κ2) is 6.84. The van der Waals surface area contributed by atoms with Crippen LogP contribution in [0.25, 0.3) is 5.70 Å². The molecule has 2 heterocycles. The number of methoxy groups -OCH3 is 2. The largest absolute Gasteiger partial charge is 0.497 e. The molecular formula is C19H17BrN4O2. The van der Waals surface area contributed by atoms with E-state index in [1.807, 2.05) is 35.0 Å². The first-order valence-corrected chi connectivity index (χ1v) is 8.85. The van der Waals surface area contributed by atoms with E-state index < -0.39 is 0 Å². The minimum absolute atomic E-state index is 0.149. The van der Waals surface area contributed by atoms with Crippen LogP contribution < -0.4 is 14.8 Å². The first-order valence-electron chi connectivity index (χ1n) is 8.06. The molecule has 0 aliphatic carbocycles. The Morgan fingerprint density at radius 3 is 2.77 bits per heavy atom. The highest BCUT2D eigenvalue weighted by Gasteiger charge is 2.26. The smallest absolute Gasteiger partial charge is 0.226 e. The topological polar surface area (TPSA) is 61.2 Å². The number of rotatable bonds is 4. The van der Waals surface area contributed by atoms with Crippen molar-refractivity contribution in [2.24, 2.45) is 0 Å². The Morgan fingerprint density at radius 1 is 1.12 bits per heavy atom. The lowest BCUT2D eigenvalue weighted by Gasteiger charge is -2.25. The van der Waals surface area contributed by atoms with Crippen molar-refractivity contribution in [2.45, 2.75) is 6.04 Å². The first-order chi connectivity index (χ1) is 12.7. The lowest BCUT2D eigenvalue weighted by Crippen LogP contribution is -2.20. The van der Waals surface area contributed by atoms with E-state index in [9.17, 15) is 0 Å². The minimum Gasteiger partial charge on any atom is -0.497 e. The van der Waals surface area contributed by atoms with Gasteiger partial charge < -0.3 is 14.8 Å². The molecule has 0 saturated heterocycles. The molecule has 0 unspecified atom stereocenters. The van der Waals surface area contributed by atoms with Gasteiger partial charge in [-0.15, -0.1) is 0 Å². The summed E-state index contributed by atoms with van der Waals surface area (Å²) in [6.07, 6.45) is 3.66. The van der Waals surface area contributed by atoms with E-state index >= 15 is 0 Å². The van der Waals surface area contributed by atoms with Crippen molar-refractivity contribution in [1.29, 1.82) is 0 Å². The van der Waals surface area contributed by atoms with Gasteiger partial charge in [-0.1, -0.05) is 28.1 Å². The quantitative estimate of drug-likeness (QED) is 0.698. The molecule has 4 rings (SSSR count). The van der Waals surface area contributed by atoms with Crippen LogP contribution in [0.4, 0.5) is 5.95 Å². The van der Waals surface area contributed by atoms with E-state index in [4.69, 9.17) is 9.47 Å². The average molecular weight is 413 g/mol. The van der Waals surface area contributed by atoms with Crippen molar-refractivity contribution in [3.05, 3.63) is 70.5 Å². The van der Waals surface area contributed by atoms with Crippen molar-refractivity contribution >= 4 is 27.6 Å². The molecule has 1 aliphatic rings. The van der Waals surface area contributed by atoms with Crippen LogP contribution in [-0.2, 0) is 0 Å². The Kier molecular flexibility index (Phi) is 4.38. The van der Waals surface area contributed by atoms with E-state index in [0.29, 0.717) is 5.95 Å². The molecule has 0 amide bonds. The van der Waals surface area contributed by atoms with Gasteiger partial charge in [0.25, 0.3) is 0 Å². The highest BCUT2D eigenvalue weighted by atomic mass is 79.9. The number of halogens is 1. The van der Waals surface area contributed by atoms with Gasteiger partial charge in [0.05, 0.1) is 14.2 Å². The van der Waals surface area contributed by atoms with Crippen LogP contribution in [0.5, 0.6) is 11.5 Å². The fourth-order valence-corrected chi connectivity index (χ4v) is 3.44. The average Bonchev–Trinajstić information content (AvgIpc) is 3.15. The Morgan fingerprint density at radius 2 is 2.00 bits per heavy atom. The number of ether oxygens (including phenoxy) is 2. The SMILES string of the molecule is COc1ccc([C@H]2C=C(c3cccc(Br)c3)Nc3ncnn32)c(OC)c1. The number of allylic oxidation sites excluding steroid dienone is 1. The normalized spacial score (nSPS) is 15.7. The molecule has 6 nitrogen and oxygen atoms in total. The maximum Gasteiger partial charge on any atom is 0.226 e. The lowest BCUT2D eigenvalue weighted by molar-refractivity contribution is 0.387. The van der Waals surface area contributed by atoms with Crippen molar-refractivity contribution in [2.75, 3.05) is 19.5 Å². The second-order valence-electron chi connectivity index (χ2n) is 5.80. The van der Waals surface area contributed by atoms with Crippen LogP contribution in [0.3, 0.4) is 0 Å². The molecule has 0 bridgehead atoms. The number of hydrogen-bond donors (Lipinski definition) is 1. The summed E-state index contributed by atoms with van der Waals surface area (Å²) in [5, 5.41) is 7.73. The van der Waals surface area contributed by atoms with Crippen LogP contribution in [-0.4, -0.2) is 29.0 Å². The van der Waals surface area contributed by atoms with Gasteiger partial charge in [-0.3, -0.25) is 0 Å². The number of fused-ring (bicyclic) bond motifs is 1. The standard InChI is InChI=1S/C19H17BrN4O2/c1-25-14-6-7-15(18(9-14)26-2)17-10-16(12-4-3-5-13(20)8-12)23-19-21-11-22-24(17)19/h3-11,17H,1-2H3,(H,21,22,23)/t17-/m1/s1. The summed E-state index contributed by atoms with van der Waals surface area (Å²) < 4.78 is 13.8. The highest BCUT2D eigenvalue weighted by molar-refractivity contribution is 9.10. The second-order valence-corrected chi connectivity index (χ2v) is 6.71. The number of anilines is 1. The molecule has 132 valence electrons. The summed E-state index contributed by atoms with van der Waals surface area (Å²) in [7, 11) is 3.29. The maximum absolute atomic E-state index is 5.59. The molecule has 3 aromatic rings. The summed E-state index contributed by atoms with van der Waals surface area (Å²) >= 11 is 3.53. The molecule has 1 N–H and O–H groups in total. The monoisotopic (exact) mass is 412 g/mol. The molecular weight excluding hydrogens is 396 g/mol. The van der Waals surface area contributed by atoms with E-state index in [-0.39, 0.29) is 6.04 Å². The van der Waals surface area contributed by atoms with Crippen LogP contribution in [0, 0.1) is 0 Å². The number of benzene rings is 2. The van der Waals surface area contributed by atoms with Gasteiger partial charge in [0.15, 0.2) is 0 Å². The summed E-state index contributed by atoms with van der Waals surface area (Å²) in [5.41, 5.74) is 3.01. The van der Waals surface area contributed by atoms with Crippen molar-refractivity contribution in [3.8, 4) is 11.5 Å². The highest BCUT2D eigenvalue weighted by Crippen LogP contribution is 2.37. The molecule has 2 aromatic carbocycles. The Balaban J connectivity index is 1.84. The zero-order valence-corrected chi connectivity index (χ0v) is 15.9. The van der Waals surface area contributed by atoms with E-state index in [1.54, 1.807) is 20.5 Å². The maximum atomic E-state index is 5.59. The van der Waals surface area contributed by atoms with E-state index in [2.05, 4.69) is 49.5 Å². The third-order valence-electron chi connectivity index (χ3n) is 4.30. The zero-order valence-electron chi connectivity index (χ0n) is 14.3. The van der Waals surface area contributed by atoms with Gasteiger partial charge in [0.1, 0.15) is 23.9 Å². The van der Waals surface area contributed by atoms with Crippen LogP contribution in [0.15, 0.2) is 59.3 Å². The lowest BCUT2D eigenvalue weighted by atomic mass is 10.0. The molecule has 1 aliphatic heterocycles. The van der Waals surface area contributed by atoms with Crippen molar-refractivity contribution in [1.82, 2.24) is 14.8 Å².